The number of hydrogen-bond acceptors (Lipinski definition) is 2. The number of unbranched alkanes of at least 4 members (excludes halogenated alkanes) is 1. The highest BCUT2D eigenvalue weighted by Gasteiger charge is 2.05. The molecule has 0 rings (SSSR count). The molecule has 0 aromatic rings. The van der Waals surface area contributed by atoms with E-state index in [1.807, 2.05) is 6.08 Å². The summed E-state index contributed by atoms with van der Waals surface area (Å²) < 4.78 is 4.95. The van der Waals surface area contributed by atoms with Gasteiger partial charge in [0, 0.05) is 6.92 Å². The first-order chi connectivity index (χ1) is 5.70. The normalized spacial score (nSPS) is 11.8. The van der Waals surface area contributed by atoms with Gasteiger partial charge < -0.3 is 4.74 Å². The molecule has 0 aromatic heterocycles. The van der Waals surface area contributed by atoms with Crippen LogP contribution in [-0.4, -0.2) is 12.1 Å². The topological polar surface area (TPSA) is 26.3 Å². The number of carbonyl (C=O) groups is 1. The first-order valence-electron chi connectivity index (χ1n) is 4.11. The molecule has 0 saturated carbocycles. The van der Waals surface area contributed by atoms with Crippen LogP contribution in [0.5, 0.6) is 0 Å². The highest BCUT2D eigenvalue weighted by Crippen LogP contribution is 2.06. The standard InChI is InChI=1S/C10H16O2/c1-4-6-7-8-10(5-2)12-9(3)11/h4-5,10H,1-2,6-8H2,3H3/t10-/m0/s1. The summed E-state index contributed by atoms with van der Waals surface area (Å²) in [6, 6.07) is 0. The lowest BCUT2D eigenvalue weighted by Crippen LogP contribution is -2.12. The summed E-state index contributed by atoms with van der Waals surface area (Å²) in [5.41, 5.74) is 0. The van der Waals surface area contributed by atoms with Gasteiger partial charge >= 0.3 is 5.97 Å². The van der Waals surface area contributed by atoms with Gasteiger partial charge in [-0.2, -0.15) is 0 Å². The number of ether oxygens (including phenoxy) is 1. The summed E-state index contributed by atoms with van der Waals surface area (Å²) in [4.78, 5) is 10.6. The van der Waals surface area contributed by atoms with Crippen molar-refractivity contribution in [2.45, 2.75) is 32.3 Å². The Hall–Kier alpha value is -1.05. The average molecular weight is 168 g/mol. The molecule has 2 nitrogen and oxygen atoms in total. The Labute approximate surface area is 73.9 Å². The van der Waals surface area contributed by atoms with Crippen LogP contribution in [0.4, 0.5) is 0 Å². The van der Waals surface area contributed by atoms with E-state index in [1.54, 1.807) is 6.08 Å². The first kappa shape index (κ1) is 11.0. The van der Waals surface area contributed by atoms with E-state index in [4.69, 9.17) is 4.74 Å². The molecule has 1 atom stereocenters. The lowest BCUT2D eigenvalue weighted by Gasteiger charge is -2.11. The molecule has 2 heteroatoms. The van der Waals surface area contributed by atoms with Gasteiger partial charge in [0.25, 0.3) is 0 Å². The van der Waals surface area contributed by atoms with E-state index in [-0.39, 0.29) is 12.1 Å². The molecular weight excluding hydrogens is 152 g/mol. The monoisotopic (exact) mass is 168 g/mol. The van der Waals surface area contributed by atoms with E-state index in [0.29, 0.717) is 0 Å². The van der Waals surface area contributed by atoms with Gasteiger partial charge in [-0.25, -0.2) is 0 Å². The van der Waals surface area contributed by atoms with E-state index in [9.17, 15) is 4.79 Å². The molecule has 68 valence electrons. The van der Waals surface area contributed by atoms with Crippen LogP contribution in [0.2, 0.25) is 0 Å². The summed E-state index contributed by atoms with van der Waals surface area (Å²) in [7, 11) is 0. The Morgan fingerprint density at radius 2 is 2.25 bits per heavy atom. The van der Waals surface area contributed by atoms with Crippen molar-refractivity contribution >= 4 is 5.97 Å². The number of carbonyl (C=O) groups excluding carboxylic acids is 1. The smallest absolute Gasteiger partial charge is 0.303 e. The Morgan fingerprint density at radius 3 is 2.67 bits per heavy atom. The van der Waals surface area contributed by atoms with Crippen LogP contribution in [0.3, 0.4) is 0 Å². The minimum Gasteiger partial charge on any atom is -0.458 e. The van der Waals surface area contributed by atoms with Crippen molar-refractivity contribution in [3.63, 3.8) is 0 Å². The third-order valence-corrected chi connectivity index (χ3v) is 1.48. The molecule has 0 aliphatic carbocycles. The lowest BCUT2D eigenvalue weighted by atomic mass is 10.1. The molecule has 0 bridgehead atoms. The zero-order chi connectivity index (χ0) is 9.40. The van der Waals surface area contributed by atoms with Crippen molar-refractivity contribution < 1.29 is 9.53 Å². The average Bonchev–Trinajstić information content (AvgIpc) is 2.02. The Morgan fingerprint density at radius 1 is 1.58 bits per heavy atom. The molecule has 0 saturated heterocycles. The summed E-state index contributed by atoms with van der Waals surface area (Å²) in [6.45, 7) is 8.61. The minimum atomic E-state index is -0.251. The van der Waals surface area contributed by atoms with Crippen LogP contribution in [-0.2, 0) is 9.53 Å². The lowest BCUT2D eigenvalue weighted by molar-refractivity contribution is -0.144. The Kier molecular flexibility index (Phi) is 6.07. The maximum Gasteiger partial charge on any atom is 0.303 e. The van der Waals surface area contributed by atoms with Crippen LogP contribution >= 0.6 is 0 Å². The Balaban J connectivity index is 3.59. The fourth-order valence-electron chi connectivity index (χ4n) is 0.901. The van der Waals surface area contributed by atoms with Gasteiger partial charge in [0.15, 0.2) is 0 Å². The van der Waals surface area contributed by atoms with E-state index < -0.39 is 0 Å². The van der Waals surface area contributed by atoms with Crippen LogP contribution in [0.25, 0.3) is 0 Å². The fraction of sp³-hybridized carbons (Fsp3) is 0.500. The van der Waals surface area contributed by atoms with Gasteiger partial charge in [0.2, 0.25) is 0 Å². The molecule has 0 spiro atoms. The van der Waals surface area contributed by atoms with E-state index in [1.165, 1.54) is 6.92 Å². The van der Waals surface area contributed by atoms with Crippen molar-refractivity contribution in [1.82, 2.24) is 0 Å². The van der Waals surface area contributed by atoms with E-state index in [2.05, 4.69) is 13.2 Å². The predicted molar refractivity (Wildman–Crippen MR) is 49.8 cm³/mol. The van der Waals surface area contributed by atoms with Gasteiger partial charge in [-0.3, -0.25) is 4.79 Å². The zero-order valence-corrected chi connectivity index (χ0v) is 7.58. The van der Waals surface area contributed by atoms with Gasteiger partial charge in [0.1, 0.15) is 6.10 Å². The second-order valence-corrected chi connectivity index (χ2v) is 2.60. The minimum absolute atomic E-state index is 0.137. The van der Waals surface area contributed by atoms with Gasteiger partial charge in [-0.05, 0) is 19.3 Å². The Bertz CT molecular complexity index is 161. The van der Waals surface area contributed by atoms with Gasteiger partial charge in [0.05, 0.1) is 0 Å². The third kappa shape index (κ3) is 5.71. The molecule has 0 unspecified atom stereocenters. The quantitative estimate of drug-likeness (QED) is 0.346. The van der Waals surface area contributed by atoms with Crippen molar-refractivity contribution in [2.75, 3.05) is 0 Å². The maximum absolute atomic E-state index is 10.6. The van der Waals surface area contributed by atoms with E-state index >= 15 is 0 Å². The molecule has 0 N–H and O–H groups in total. The van der Waals surface area contributed by atoms with Crippen LogP contribution in [0.15, 0.2) is 25.3 Å². The van der Waals surface area contributed by atoms with Crippen LogP contribution < -0.4 is 0 Å². The molecule has 0 radical (unpaired) electrons. The third-order valence-electron chi connectivity index (χ3n) is 1.48. The van der Waals surface area contributed by atoms with E-state index in [0.717, 1.165) is 19.3 Å². The van der Waals surface area contributed by atoms with Crippen LogP contribution in [0, 0.1) is 0 Å². The number of allylic oxidation sites excluding steroid dienone is 1. The number of hydrogen-bond donors (Lipinski definition) is 0. The second-order valence-electron chi connectivity index (χ2n) is 2.60. The SMILES string of the molecule is C=CCCC[C@H](C=C)OC(C)=O. The fourth-order valence-corrected chi connectivity index (χ4v) is 0.901. The molecule has 0 fully saturated rings. The van der Waals surface area contributed by atoms with Crippen molar-refractivity contribution in [3.05, 3.63) is 25.3 Å². The van der Waals surface area contributed by atoms with Crippen LogP contribution in [0.1, 0.15) is 26.2 Å². The second kappa shape index (κ2) is 6.65. The number of rotatable bonds is 6. The van der Waals surface area contributed by atoms with Crippen molar-refractivity contribution in [1.29, 1.82) is 0 Å². The first-order valence-corrected chi connectivity index (χ1v) is 4.11. The number of esters is 1. The molecule has 12 heavy (non-hydrogen) atoms. The zero-order valence-electron chi connectivity index (χ0n) is 7.58. The van der Waals surface area contributed by atoms with Gasteiger partial charge in [-0.1, -0.05) is 18.7 Å². The summed E-state index contributed by atoms with van der Waals surface area (Å²) >= 11 is 0. The summed E-state index contributed by atoms with van der Waals surface area (Å²) in [6.07, 6.45) is 6.13. The highest BCUT2D eigenvalue weighted by molar-refractivity contribution is 5.66. The molecule has 0 aliphatic rings. The van der Waals surface area contributed by atoms with Gasteiger partial charge in [-0.15, -0.1) is 6.58 Å². The van der Waals surface area contributed by atoms with Crippen molar-refractivity contribution in [3.8, 4) is 0 Å². The molecular formula is C10H16O2. The summed E-state index contributed by atoms with van der Waals surface area (Å²) in [5, 5.41) is 0. The largest absolute Gasteiger partial charge is 0.458 e. The highest BCUT2D eigenvalue weighted by atomic mass is 16.5. The summed E-state index contributed by atoms with van der Waals surface area (Å²) in [5.74, 6) is -0.251. The predicted octanol–water partition coefficient (Wildman–Crippen LogP) is 2.46. The molecule has 0 aromatic carbocycles. The maximum atomic E-state index is 10.6. The molecule has 0 amide bonds. The molecule has 0 heterocycles. The molecule has 0 aliphatic heterocycles. The van der Waals surface area contributed by atoms with Crippen molar-refractivity contribution in [2.24, 2.45) is 0 Å².